The molecule has 2 heterocycles. The predicted molar refractivity (Wildman–Crippen MR) is 98.5 cm³/mol. The number of piperazine rings is 1. The van der Waals surface area contributed by atoms with Gasteiger partial charge in [-0.1, -0.05) is 19.3 Å². The average Bonchev–Trinajstić information content (AvgIpc) is 3.09. The lowest BCUT2D eigenvalue weighted by Gasteiger charge is -2.39. The van der Waals surface area contributed by atoms with Crippen LogP contribution in [0.4, 0.5) is 0 Å². The van der Waals surface area contributed by atoms with Crippen LogP contribution in [0.2, 0.25) is 0 Å². The van der Waals surface area contributed by atoms with E-state index < -0.39 is 15.4 Å². The van der Waals surface area contributed by atoms with Gasteiger partial charge in [-0.25, -0.2) is 8.42 Å². The van der Waals surface area contributed by atoms with E-state index in [9.17, 15) is 18.5 Å². The summed E-state index contributed by atoms with van der Waals surface area (Å²) < 4.78 is 27.8. The number of nitrogens with zero attached hydrogens (tertiary/aromatic N) is 3. The van der Waals surface area contributed by atoms with Gasteiger partial charge in [0.2, 0.25) is 5.91 Å². The number of carbonyl (C=O) groups excluding carboxylic acids is 1. The fraction of sp³-hybridized carbons (Fsp3) is 0.625. The Hall–Kier alpha value is -0.950. The van der Waals surface area contributed by atoms with Crippen molar-refractivity contribution in [1.82, 2.24) is 9.21 Å². The van der Waals surface area contributed by atoms with Crippen molar-refractivity contribution in [3.63, 3.8) is 0 Å². The van der Waals surface area contributed by atoms with Crippen LogP contribution in [0.15, 0.2) is 20.1 Å². The number of nitriles is 1. The summed E-state index contributed by atoms with van der Waals surface area (Å²) in [4.78, 5) is 14.5. The number of thiophene rings is 1. The molecule has 3 rings (SSSR count). The van der Waals surface area contributed by atoms with Crippen LogP contribution in [-0.2, 0) is 14.8 Å². The SMILES string of the molecule is N#CC1(C(=O)N2CCN(S(=O)(=O)c3ccc(Br)s3)CC2)CCCCC1. The lowest BCUT2D eigenvalue weighted by Crippen LogP contribution is -2.54. The third-order valence-corrected chi connectivity index (χ3v) is 8.99. The highest BCUT2D eigenvalue weighted by Gasteiger charge is 2.43. The summed E-state index contributed by atoms with van der Waals surface area (Å²) in [6.45, 7) is 1.22. The van der Waals surface area contributed by atoms with Crippen LogP contribution in [-0.4, -0.2) is 49.7 Å². The zero-order chi connectivity index (χ0) is 18.1. The van der Waals surface area contributed by atoms with Crippen molar-refractivity contribution in [3.05, 3.63) is 15.9 Å². The molecule has 0 atom stereocenters. The van der Waals surface area contributed by atoms with E-state index in [1.165, 1.54) is 15.6 Å². The lowest BCUT2D eigenvalue weighted by atomic mass is 9.74. The Labute approximate surface area is 160 Å². The van der Waals surface area contributed by atoms with Crippen molar-refractivity contribution in [2.24, 2.45) is 5.41 Å². The Bertz CT molecular complexity index is 786. The molecule has 1 amide bonds. The first-order chi connectivity index (χ1) is 11.9. The molecule has 0 spiro atoms. The second kappa shape index (κ2) is 7.35. The second-order valence-electron chi connectivity index (χ2n) is 6.51. The number of hydrogen-bond acceptors (Lipinski definition) is 5. The van der Waals surface area contributed by atoms with Gasteiger partial charge in [-0.05, 0) is 40.9 Å². The molecule has 0 bridgehead atoms. The lowest BCUT2D eigenvalue weighted by molar-refractivity contribution is -0.141. The quantitative estimate of drug-likeness (QED) is 0.715. The zero-order valence-corrected chi connectivity index (χ0v) is 17.0. The van der Waals surface area contributed by atoms with E-state index in [2.05, 4.69) is 22.0 Å². The molecule has 0 radical (unpaired) electrons. The first-order valence-electron chi connectivity index (χ1n) is 8.35. The number of halogens is 1. The molecular formula is C16H20BrN3O3S2. The van der Waals surface area contributed by atoms with Gasteiger partial charge in [0.05, 0.1) is 9.86 Å². The predicted octanol–water partition coefficient (Wildman–Crippen LogP) is 2.82. The monoisotopic (exact) mass is 445 g/mol. The molecule has 136 valence electrons. The molecule has 0 unspecified atom stereocenters. The summed E-state index contributed by atoms with van der Waals surface area (Å²) in [6.07, 6.45) is 4.11. The Morgan fingerprint density at radius 3 is 2.32 bits per heavy atom. The standard InChI is InChI=1S/C16H20BrN3O3S2/c17-13-4-5-14(24-13)25(22,23)20-10-8-19(9-11-20)15(21)16(12-18)6-2-1-3-7-16/h4-5H,1-3,6-11H2. The van der Waals surface area contributed by atoms with Crippen molar-refractivity contribution < 1.29 is 13.2 Å². The molecule has 1 aromatic heterocycles. The fourth-order valence-corrected chi connectivity index (χ4v) is 7.11. The van der Waals surface area contributed by atoms with Gasteiger partial charge in [-0.2, -0.15) is 9.57 Å². The molecule has 0 aromatic carbocycles. The summed E-state index contributed by atoms with van der Waals surface area (Å²) in [5, 5.41) is 9.57. The molecule has 1 aromatic rings. The molecule has 0 N–H and O–H groups in total. The number of sulfonamides is 1. The number of hydrogen-bond donors (Lipinski definition) is 0. The van der Waals surface area contributed by atoms with E-state index in [1.807, 2.05) is 0 Å². The first kappa shape index (κ1) is 18.8. The van der Waals surface area contributed by atoms with Gasteiger partial charge in [0.1, 0.15) is 9.62 Å². The van der Waals surface area contributed by atoms with Crippen LogP contribution < -0.4 is 0 Å². The van der Waals surface area contributed by atoms with E-state index in [-0.39, 0.29) is 19.0 Å². The Morgan fingerprint density at radius 2 is 1.80 bits per heavy atom. The van der Waals surface area contributed by atoms with Crippen LogP contribution in [0.25, 0.3) is 0 Å². The van der Waals surface area contributed by atoms with Crippen LogP contribution in [0.3, 0.4) is 0 Å². The maximum absolute atomic E-state index is 12.9. The van der Waals surface area contributed by atoms with Gasteiger partial charge >= 0.3 is 0 Å². The number of amides is 1. The third-order valence-electron chi connectivity index (χ3n) is 5.00. The molecule has 9 heteroatoms. The summed E-state index contributed by atoms with van der Waals surface area (Å²) in [7, 11) is -3.52. The fourth-order valence-electron chi connectivity index (χ4n) is 3.53. The normalized spacial score (nSPS) is 21.7. The molecular weight excluding hydrogens is 426 g/mol. The van der Waals surface area contributed by atoms with Gasteiger partial charge < -0.3 is 4.90 Å². The van der Waals surface area contributed by atoms with E-state index in [0.717, 1.165) is 23.0 Å². The Kier molecular flexibility index (Phi) is 5.54. The van der Waals surface area contributed by atoms with Crippen LogP contribution >= 0.6 is 27.3 Å². The second-order valence-corrected chi connectivity index (χ2v) is 11.1. The highest BCUT2D eigenvalue weighted by atomic mass is 79.9. The number of carbonyl (C=O) groups is 1. The minimum atomic E-state index is -3.52. The zero-order valence-electron chi connectivity index (χ0n) is 13.8. The topological polar surface area (TPSA) is 81.5 Å². The summed E-state index contributed by atoms with van der Waals surface area (Å²) >= 11 is 4.47. The summed E-state index contributed by atoms with van der Waals surface area (Å²) in [5.74, 6) is -0.120. The molecule has 2 aliphatic rings. The van der Waals surface area contributed by atoms with Gasteiger partial charge in [0.15, 0.2) is 0 Å². The highest BCUT2D eigenvalue weighted by molar-refractivity contribution is 9.11. The molecule has 1 saturated heterocycles. The third kappa shape index (κ3) is 3.63. The van der Waals surface area contributed by atoms with E-state index >= 15 is 0 Å². The van der Waals surface area contributed by atoms with Crippen LogP contribution in [0, 0.1) is 16.7 Å². The van der Waals surface area contributed by atoms with Crippen LogP contribution in [0.1, 0.15) is 32.1 Å². The highest BCUT2D eigenvalue weighted by Crippen LogP contribution is 2.38. The van der Waals surface area contributed by atoms with Crippen molar-refractivity contribution in [3.8, 4) is 6.07 Å². The van der Waals surface area contributed by atoms with Gasteiger partial charge in [-0.15, -0.1) is 11.3 Å². The van der Waals surface area contributed by atoms with Crippen molar-refractivity contribution in [2.75, 3.05) is 26.2 Å². The number of rotatable bonds is 3. The van der Waals surface area contributed by atoms with Gasteiger partial charge in [0.25, 0.3) is 10.0 Å². The van der Waals surface area contributed by atoms with Crippen molar-refractivity contribution in [1.29, 1.82) is 5.26 Å². The molecule has 1 aliphatic carbocycles. The Morgan fingerprint density at radius 1 is 1.16 bits per heavy atom. The minimum Gasteiger partial charge on any atom is -0.339 e. The maximum Gasteiger partial charge on any atom is 0.252 e. The Balaban J connectivity index is 1.67. The van der Waals surface area contributed by atoms with Crippen molar-refractivity contribution >= 4 is 43.2 Å². The minimum absolute atomic E-state index is 0.120. The molecule has 2 fully saturated rings. The summed E-state index contributed by atoms with van der Waals surface area (Å²) in [5.41, 5.74) is -0.905. The van der Waals surface area contributed by atoms with Crippen LogP contribution in [0.5, 0.6) is 0 Å². The van der Waals surface area contributed by atoms with E-state index in [1.54, 1.807) is 17.0 Å². The maximum atomic E-state index is 12.9. The smallest absolute Gasteiger partial charge is 0.252 e. The molecule has 6 nitrogen and oxygen atoms in total. The summed E-state index contributed by atoms with van der Waals surface area (Å²) in [6, 6.07) is 5.57. The molecule has 25 heavy (non-hydrogen) atoms. The van der Waals surface area contributed by atoms with Gasteiger partial charge in [-0.3, -0.25) is 4.79 Å². The van der Waals surface area contributed by atoms with Gasteiger partial charge in [0, 0.05) is 26.2 Å². The largest absolute Gasteiger partial charge is 0.339 e. The van der Waals surface area contributed by atoms with E-state index in [0.29, 0.717) is 30.1 Å². The molecule has 1 saturated carbocycles. The van der Waals surface area contributed by atoms with Crippen molar-refractivity contribution in [2.45, 2.75) is 36.3 Å². The van der Waals surface area contributed by atoms with E-state index in [4.69, 9.17) is 0 Å². The first-order valence-corrected chi connectivity index (χ1v) is 11.4. The molecule has 1 aliphatic heterocycles. The average molecular weight is 446 g/mol.